The van der Waals surface area contributed by atoms with Crippen LogP contribution in [0.4, 0.5) is 34.1 Å². The molecule has 14 aromatic carbocycles. The Morgan fingerprint density at radius 2 is 0.699 bits per heavy atom. The van der Waals surface area contributed by atoms with Gasteiger partial charge in [0, 0.05) is 92.2 Å². The summed E-state index contributed by atoms with van der Waals surface area (Å²) in [5.41, 5.74) is 26.5. The highest BCUT2D eigenvalue weighted by Gasteiger charge is 2.48. The summed E-state index contributed by atoms with van der Waals surface area (Å²) in [7, 11) is 0. The zero-order valence-electron chi connectivity index (χ0n) is 50.3. The molecule has 0 radical (unpaired) electrons. The zero-order valence-corrected chi connectivity index (χ0v) is 51.1. The standard InChI is InChI=1S/C86H53BN4OS/c1-5-25-54(26-6-1)60-38-23-39-61(55-27-7-2-8-28-55)81(60)90-76-49-47-59(89-74-44-20-15-35-66(74)67-36-16-21-45-75(67)89)52-71(76)87-80-77(53-69-68-37-17-22-46-78(68)92-85(69)84(80)90)91(82-62(56-29-9-3-10-30-56)40-24-41-63(82)57-31-11-4-12-32-57)83-70-51-58(48-50-79(70)93-86(83)87)88-72-42-18-13-33-64(72)65-34-14-19-43-73(65)88/h1-53H. The third kappa shape index (κ3) is 7.63. The number of aromatic nitrogens is 2. The van der Waals surface area contributed by atoms with E-state index in [4.69, 9.17) is 4.42 Å². The number of furan rings is 1. The number of thiophene rings is 1. The van der Waals surface area contributed by atoms with Gasteiger partial charge in [0.1, 0.15) is 5.58 Å². The van der Waals surface area contributed by atoms with Crippen LogP contribution in [-0.4, -0.2) is 15.8 Å². The highest BCUT2D eigenvalue weighted by Crippen LogP contribution is 2.57. The van der Waals surface area contributed by atoms with E-state index in [-0.39, 0.29) is 6.71 Å². The van der Waals surface area contributed by atoms with Crippen molar-refractivity contribution in [3.63, 3.8) is 0 Å². The highest BCUT2D eigenvalue weighted by atomic mass is 32.1. The number of fused-ring (bicyclic) bond motifs is 16. The van der Waals surface area contributed by atoms with E-state index >= 15 is 0 Å². The van der Waals surface area contributed by atoms with Gasteiger partial charge in [-0.15, -0.1) is 11.3 Å². The van der Waals surface area contributed by atoms with Crippen LogP contribution < -0.4 is 25.5 Å². The van der Waals surface area contributed by atoms with Gasteiger partial charge in [0.2, 0.25) is 0 Å². The zero-order chi connectivity index (χ0) is 60.8. The molecule has 6 heterocycles. The minimum Gasteiger partial charge on any atom is -0.454 e. The third-order valence-electron chi connectivity index (χ3n) is 19.7. The molecule has 2 aliphatic rings. The molecule has 432 valence electrons. The van der Waals surface area contributed by atoms with Crippen LogP contribution in [0.25, 0.3) is 132 Å². The summed E-state index contributed by atoms with van der Waals surface area (Å²) in [5, 5.41) is 8.20. The predicted octanol–water partition coefficient (Wildman–Crippen LogP) is 21.7. The molecule has 0 saturated heterocycles. The van der Waals surface area contributed by atoms with Crippen molar-refractivity contribution in [2.45, 2.75) is 0 Å². The van der Waals surface area contributed by atoms with Gasteiger partial charge in [0.15, 0.2) is 5.58 Å². The predicted molar refractivity (Wildman–Crippen MR) is 394 cm³/mol. The van der Waals surface area contributed by atoms with Crippen LogP contribution >= 0.6 is 11.3 Å². The number of para-hydroxylation sites is 7. The molecule has 0 N–H and O–H groups in total. The lowest BCUT2D eigenvalue weighted by Gasteiger charge is -2.44. The Bertz CT molecular complexity index is 5860. The van der Waals surface area contributed by atoms with Gasteiger partial charge >= 0.3 is 0 Å². The van der Waals surface area contributed by atoms with Crippen molar-refractivity contribution in [1.29, 1.82) is 0 Å². The number of hydrogen-bond donors (Lipinski definition) is 0. The summed E-state index contributed by atoms with van der Waals surface area (Å²) in [5.74, 6) is 0. The first kappa shape index (κ1) is 51.9. The maximum Gasteiger partial charge on any atom is 0.264 e. The Morgan fingerprint density at radius 3 is 1.18 bits per heavy atom. The fourth-order valence-corrected chi connectivity index (χ4v) is 17.1. The molecule has 0 saturated carbocycles. The van der Waals surface area contributed by atoms with E-state index in [0.717, 1.165) is 117 Å². The molecule has 20 rings (SSSR count). The lowest BCUT2D eigenvalue weighted by Crippen LogP contribution is -2.60. The van der Waals surface area contributed by atoms with Gasteiger partial charge in [-0.25, -0.2) is 0 Å². The Balaban J connectivity index is 0.991. The Morgan fingerprint density at radius 1 is 0.290 bits per heavy atom. The number of rotatable bonds is 8. The minimum atomic E-state index is -0.291. The lowest BCUT2D eigenvalue weighted by atomic mass is 9.36. The van der Waals surface area contributed by atoms with Gasteiger partial charge < -0.3 is 23.4 Å². The molecule has 0 unspecified atom stereocenters. The maximum atomic E-state index is 7.60. The first-order valence-electron chi connectivity index (χ1n) is 31.9. The molecule has 0 fully saturated rings. The summed E-state index contributed by atoms with van der Waals surface area (Å²) in [4.78, 5) is 5.32. The average Bonchev–Trinajstić information content (AvgIpc) is 1.65. The molecule has 5 nitrogen and oxygen atoms in total. The summed E-state index contributed by atoms with van der Waals surface area (Å²) >= 11 is 1.93. The van der Waals surface area contributed by atoms with Crippen LogP contribution in [0.2, 0.25) is 0 Å². The average molecular weight is 1200 g/mol. The molecular formula is C86H53BN4OS. The van der Waals surface area contributed by atoms with Gasteiger partial charge in [-0.3, -0.25) is 0 Å². The second-order valence-corrected chi connectivity index (χ2v) is 25.7. The molecule has 2 aliphatic heterocycles. The number of nitrogens with zero attached hydrogens (tertiary/aromatic N) is 4. The highest BCUT2D eigenvalue weighted by molar-refractivity contribution is 7.33. The fraction of sp³-hybridized carbons (Fsp3) is 0. The first-order chi connectivity index (χ1) is 46.2. The van der Waals surface area contributed by atoms with Crippen molar-refractivity contribution in [3.05, 3.63) is 322 Å². The van der Waals surface area contributed by atoms with Crippen LogP contribution in [0, 0.1) is 0 Å². The summed E-state index contributed by atoms with van der Waals surface area (Å²) < 4.78 is 15.0. The third-order valence-corrected chi connectivity index (χ3v) is 20.9. The Labute approximate surface area is 540 Å². The van der Waals surface area contributed by atoms with Crippen LogP contribution in [0.15, 0.2) is 326 Å². The van der Waals surface area contributed by atoms with E-state index in [2.05, 4.69) is 340 Å². The van der Waals surface area contributed by atoms with E-state index in [1.807, 2.05) is 11.3 Å². The van der Waals surface area contributed by atoms with Gasteiger partial charge in [0.25, 0.3) is 6.71 Å². The smallest absolute Gasteiger partial charge is 0.264 e. The molecule has 7 heteroatoms. The SMILES string of the molecule is c1ccc(-c2cccc(-c3ccccc3)c2N2c3cc4c(oc5ccccc54)c4c3B(c3cc(-n5c6ccccc6c6ccccc65)ccc3N4c3c(-c4ccccc4)cccc3-c3ccccc3)c3sc4ccc(-n5c6ccccc6c6ccccc65)cc4c32)cc1. The Hall–Kier alpha value is -11.9. The van der Waals surface area contributed by atoms with Crippen LogP contribution in [-0.2, 0) is 0 Å². The van der Waals surface area contributed by atoms with Crippen molar-refractivity contribution >= 4 is 144 Å². The van der Waals surface area contributed by atoms with Crippen LogP contribution in [0.1, 0.15) is 0 Å². The van der Waals surface area contributed by atoms with Crippen molar-refractivity contribution in [3.8, 4) is 55.9 Å². The fourth-order valence-electron chi connectivity index (χ4n) is 15.8. The topological polar surface area (TPSA) is 29.5 Å². The van der Waals surface area contributed by atoms with E-state index in [9.17, 15) is 0 Å². The van der Waals surface area contributed by atoms with Gasteiger partial charge in [-0.1, -0.05) is 249 Å². The first-order valence-corrected chi connectivity index (χ1v) is 32.8. The van der Waals surface area contributed by atoms with Gasteiger partial charge in [-0.05, 0) is 106 Å². The quantitative estimate of drug-likeness (QED) is 0.142. The van der Waals surface area contributed by atoms with Gasteiger partial charge in [-0.2, -0.15) is 0 Å². The second kappa shape index (κ2) is 20.3. The molecule has 4 aromatic heterocycles. The molecule has 0 aliphatic carbocycles. The van der Waals surface area contributed by atoms with E-state index in [0.29, 0.717) is 0 Å². The van der Waals surface area contributed by atoms with E-state index in [1.165, 1.54) is 64.1 Å². The van der Waals surface area contributed by atoms with Crippen molar-refractivity contribution in [1.82, 2.24) is 9.13 Å². The van der Waals surface area contributed by atoms with Crippen LogP contribution in [0.3, 0.4) is 0 Å². The number of anilines is 6. The van der Waals surface area contributed by atoms with Gasteiger partial charge in [0.05, 0.1) is 44.8 Å². The lowest BCUT2D eigenvalue weighted by molar-refractivity contribution is 0.669. The normalized spacial score (nSPS) is 12.7. The van der Waals surface area contributed by atoms with Crippen molar-refractivity contribution in [2.75, 3.05) is 9.80 Å². The molecule has 0 bridgehead atoms. The van der Waals surface area contributed by atoms with Crippen molar-refractivity contribution < 1.29 is 4.42 Å². The molecule has 0 atom stereocenters. The maximum absolute atomic E-state index is 7.60. The largest absolute Gasteiger partial charge is 0.454 e. The number of hydrogen-bond acceptors (Lipinski definition) is 4. The second-order valence-electron chi connectivity index (χ2n) is 24.6. The van der Waals surface area contributed by atoms with Crippen LogP contribution in [0.5, 0.6) is 0 Å². The monoisotopic (exact) mass is 1200 g/mol. The molecule has 18 aromatic rings. The summed E-state index contributed by atoms with van der Waals surface area (Å²) in [6, 6.07) is 119. The Kier molecular flexibility index (Phi) is 11.3. The number of benzene rings is 14. The van der Waals surface area contributed by atoms with Crippen molar-refractivity contribution in [2.24, 2.45) is 0 Å². The molecular weight excluding hydrogens is 1150 g/mol. The molecule has 0 amide bonds. The van der Waals surface area contributed by atoms with E-state index < -0.39 is 0 Å². The summed E-state index contributed by atoms with van der Waals surface area (Å²) in [6.45, 7) is -0.291. The van der Waals surface area contributed by atoms with E-state index in [1.54, 1.807) is 0 Å². The molecule has 93 heavy (non-hydrogen) atoms. The molecule has 0 spiro atoms. The minimum absolute atomic E-state index is 0.291. The summed E-state index contributed by atoms with van der Waals surface area (Å²) in [6.07, 6.45) is 0.